The maximum atomic E-state index is 4.37. The minimum atomic E-state index is 0.540. The van der Waals surface area contributed by atoms with E-state index in [-0.39, 0.29) is 0 Å². The zero-order valence-corrected chi connectivity index (χ0v) is 12.2. The van der Waals surface area contributed by atoms with Crippen LogP contribution in [0.2, 0.25) is 0 Å². The first-order valence-electron chi connectivity index (χ1n) is 6.11. The average Bonchev–Trinajstić information content (AvgIpc) is 2.37. The third-order valence-electron chi connectivity index (χ3n) is 2.85. The van der Waals surface area contributed by atoms with Crippen molar-refractivity contribution < 1.29 is 0 Å². The Balaban J connectivity index is 2.11. The normalized spacial score (nSPS) is 10.7. The fourth-order valence-electron chi connectivity index (χ4n) is 1.95. The van der Waals surface area contributed by atoms with Gasteiger partial charge in [-0.25, -0.2) is 4.98 Å². The van der Waals surface area contributed by atoms with Crippen LogP contribution in [-0.2, 0) is 6.54 Å². The Morgan fingerprint density at radius 2 is 1.89 bits per heavy atom. The maximum Gasteiger partial charge on any atom is 0.127 e. The van der Waals surface area contributed by atoms with E-state index in [0.29, 0.717) is 5.92 Å². The van der Waals surface area contributed by atoms with Gasteiger partial charge in [0.15, 0.2) is 0 Å². The molecule has 1 aromatic heterocycles. The van der Waals surface area contributed by atoms with Crippen LogP contribution in [-0.4, -0.2) is 4.98 Å². The number of rotatable bonds is 4. The Kier molecular flexibility index (Phi) is 4.37. The van der Waals surface area contributed by atoms with Gasteiger partial charge < -0.3 is 5.32 Å². The van der Waals surface area contributed by atoms with Gasteiger partial charge in [0.2, 0.25) is 0 Å². The highest BCUT2D eigenvalue weighted by molar-refractivity contribution is 9.10. The SMILES string of the molecule is CC(C)c1ccccc1CNc1cccc(Br)n1. The van der Waals surface area contributed by atoms with Crippen molar-refractivity contribution in [3.63, 3.8) is 0 Å². The highest BCUT2D eigenvalue weighted by atomic mass is 79.9. The van der Waals surface area contributed by atoms with Gasteiger partial charge >= 0.3 is 0 Å². The lowest BCUT2D eigenvalue weighted by molar-refractivity contribution is 0.845. The molecule has 0 spiro atoms. The van der Waals surface area contributed by atoms with Gasteiger partial charge in [-0.2, -0.15) is 0 Å². The van der Waals surface area contributed by atoms with Crippen molar-refractivity contribution in [2.75, 3.05) is 5.32 Å². The summed E-state index contributed by atoms with van der Waals surface area (Å²) in [5, 5.41) is 3.36. The summed E-state index contributed by atoms with van der Waals surface area (Å²) < 4.78 is 0.852. The molecule has 3 heteroatoms. The van der Waals surface area contributed by atoms with E-state index in [1.54, 1.807) is 0 Å². The molecule has 0 aliphatic carbocycles. The van der Waals surface area contributed by atoms with E-state index in [1.807, 2.05) is 18.2 Å². The number of aromatic nitrogens is 1. The molecule has 1 N–H and O–H groups in total. The molecule has 1 heterocycles. The van der Waals surface area contributed by atoms with Gasteiger partial charge in [0.25, 0.3) is 0 Å². The van der Waals surface area contributed by atoms with E-state index in [1.165, 1.54) is 11.1 Å². The van der Waals surface area contributed by atoms with Gasteiger partial charge in [0, 0.05) is 6.54 Å². The molecule has 0 amide bonds. The van der Waals surface area contributed by atoms with Crippen molar-refractivity contribution >= 4 is 21.7 Å². The summed E-state index contributed by atoms with van der Waals surface area (Å²) in [4.78, 5) is 4.37. The maximum absolute atomic E-state index is 4.37. The summed E-state index contributed by atoms with van der Waals surface area (Å²) in [6.07, 6.45) is 0. The molecule has 0 saturated carbocycles. The molecule has 0 fully saturated rings. The largest absolute Gasteiger partial charge is 0.366 e. The minimum Gasteiger partial charge on any atom is -0.366 e. The number of benzene rings is 1. The fourth-order valence-corrected chi connectivity index (χ4v) is 2.29. The van der Waals surface area contributed by atoms with Crippen molar-refractivity contribution in [1.29, 1.82) is 0 Å². The van der Waals surface area contributed by atoms with Crippen molar-refractivity contribution in [2.24, 2.45) is 0 Å². The smallest absolute Gasteiger partial charge is 0.127 e. The monoisotopic (exact) mass is 304 g/mol. The number of hydrogen-bond donors (Lipinski definition) is 1. The van der Waals surface area contributed by atoms with Crippen LogP contribution < -0.4 is 5.32 Å². The van der Waals surface area contributed by atoms with Crippen molar-refractivity contribution in [3.05, 3.63) is 58.2 Å². The summed E-state index contributed by atoms with van der Waals surface area (Å²) >= 11 is 3.37. The number of pyridine rings is 1. The van der Waals surface area contributed by atoms with Gasteiger partial charge in [0.1, 0.15) is 10.4 Å². The van der Waals surface area contributed by atoms with Gasteiger partial charge in [-0.1, -0.05) is 44.2 Å². The lowest BCUT2D eigenvalue weighted by Gasteiger charge is -2.13. The van der Waals surface area contributed by atoms with E-state index in [0.717, 1.165) is 17.0 Å². The van der Waals surface area contributed by atoms with Crippen LogP contribution in [0.5, 0.6) is 0 Å². The van der Waals surface area contributed by atoms with E-state index in [2.05, 4.69) is 64.3 Å². The molecule has 2 nitrogen and oxygen atoms in total. The van der Waals surface area contributed by atoms with Gasteiger partial charge in [-0.3, -0.25) is 0 Å². The van der Waals surface area contributed by atoms with E-state index in [4.69, 9.17) is 0 Å². The molecule has 1 aromatic carbocycles. The summed E-state index contributed by atoms with van der Waals surface area (Å²) in [6.45, 7) is 5.24. The Morgan fingerprint density at radius 3 is 2.61 bits per heavy atom. The van der Waals surface area contributed by atoms with Crippen LogP contribution in [0.15, 0.2) is 47.1 Å². The average molecular weight is 305 g/mol. The van der Waals surface area contributed by atoms with Crippen molar-refractivity contribution in [3.8, 4) is 0 Å². The van der Waals surface area contributed by atoms with Gasteiger partial charge in [-0.05, 0) is 45.1 Å². The topological polar surface area (TPSA) is 24.9 Å². The first-order valence-corrected chi connectivity index (χ1v) is 6.90. The molecule has 0 aliphatic heterocycles. The summed E-state index contributed by atoms with van der Waals surface area (Å²) in [7, 11) is 0. The molecule has 18 heavy (non-hydrogen) atoms. The lowest BCUT2D eigenvalue weighted by atomic mass is 9.97. The number of nitrogens with zero attached hydrogens (tertiary/aromatic N) is 1. The predicted octanol–water partition coefficient (Wildman–Crippen LogP) is 4.58. The highest BCUT2D eigenvalue weighted by Crippen LogP contribution is 2.20. The quantitative estimate of drug-likeness (QED) is 0.836. The van der Waals surface area contributed by atoms with Crippen molar-refractivity contribution in [1.82, 2.24) is 4.98 Å². The predicted molar refractivity (Wildman–Crippen MR) is 79.8 cm³/mol. The van der Waals surface area contributed by atoms with E-state index < -0.39 is 0 Å². The summed E-state index contributed by atoms with van der Waals surface area (Å²) in [5.74, 6) is 1.43. The molecular weight excluding hydrogens is 288 g/mol. The molecule has 0 saturated heterocycles. The zero-order valence-electron chi connectivity index (χ0n) is 10.7. The molecule has 94 valence electrons. The molecule has 2 rings (SSSR count). The zero-order chi connectivity index (χ0) is 13.0. The van der Waals surface area contributed by atoms with Gasteiger partial charge in [0.05, 0.1) is 0 Å². The molecule has 0 bridgehead atoms. The number of anilines is 1. The van der Waals surface area contributed by atoms with Crippen LogP contribution in [0.1, 0.15) is 30.9 Å². The molecule has 2 aromatic rings. The molecule has 0 radical (unpaired) electrons. The fraction of sp³-hybridized carbons (Fsp3) is 0.267. The second-order valence-electron chi connectivity index (χ2n) is 4.55. The Bertz CT molecular complexity index is 523. The minimum absolute atomic E-state index is 0.540. The summed E-state index contributed by atoms with van der Waals surface area (Å²) in [6, 6.07) is 14.4. The third kappa shape index (κ3) is 3.33. The Labute approximate surface area is 117 Å². The number of halogens is 1. The number of hydrogen-bond acceptors (Lipinski definition) is 2. The first kappa shape index (κ1) is 13.1. The Morgan fingerprint density at radius 1 is 1.11 bits per heavy atom. The molecule has 0 aliphatic rings. The van der Waals surface area contributed by atoms with Gasteiger partial charge in [-0.15, -0.1) is 0 Å². The van der Waals surface area contributed by atoms with Crippen LogP contribution in [0.3, 0.4) is 0 Å². The van der Waals surface area contributed by atoms with Crippen molar-refractivity contribution in [2.45, 2.75) is 26.3 Å². The van der Waals surface area contributed by atoms with Crippen LogP contribution >= 0.6 is 15.9 Å². The van der Waals surface area contributed by atoms with E-state index >= 15 is 0 Å². The van der Waals surface area contributed by atoms with E-state index in [9.17, 15) is 0 Å². The standard InChI is InChI=1S/C15H17BrN2/c1-11(2)13-7-4-3-6-12(13)10-17-15-9-5-8-14(16)18-15/h3-9,11H,10H2,1-2H3,(H,17,18). The highest BCUT2D eigenvalue weighted by Gasteiger charge is 2.05. The second kappa shape index (κ2) is 6.01. The first-order chi connectivity index (χ1) is 8.66. The van der Waals surface area contributed by atoms with Crippen LogP contribution in [0.4, 0.5) is 5.82 Å². The summed E-state index contributed by atoms with van der Waals surface area (Å²) in [5.41, 5.74) is 2.72. The Hall–Kier alpha value is -1.35. The second-order valence-corrected chi connectivity index (χ2v) is 5.37. The molecule has 0 atom stereocenters. The lowest BCUT2D eigenvalue weighted by Crippen LogP contribution is -2.05. The van der Waals surface area contributed by atoms with Crippen LogP contribution in [0.25, 0.3) is 0 Å². The third-order valence-corrected chi connectivity index (χ3v) is 3.29. The molecule has 0 unspecified atom stereocenters. The number of nitrogens with one attached hydrogen (secondary N) is 1. The van der Waals surface area contributed by atoms with Crippen LogP contribution in [0, 0.1) is 0 Å². The molecular formula is C15H17BrN2.